The minimum atomic E-state index is -1.08. The first kappa shape index (κ1) is 66.2. The van der Waals surface area contributed by atoms with E-state index in [1.165, 1.54) is 12.8 Å². The van der Waals surface area contributed by atoms with Crippen molar-refractivity contribution in [2.45, 2.75) is 68.2 Å². The molecule has 1 saturated heterocycles. The van der Waals surface area contributed by atoms with E-state index in [1.807, 2.05) is 161 Å². The first-order chi connectivity index (χ1) is 27.9. The summed E-state index contributed by atoms with van der Waals surface area (Å²) in [5, 5.41) is 44.6. The molecule has 4 aromatic rings. The van der Waals surface area contributed by atoms with Crippen LogP contribution in [0.5, 0.6) is 0 Å². The van der Waals surface area contributed by atoms with E-state index in [9.17, 15) is 0 Å². The fraction of sp³-hybridized carbons (Fsp3) is 0.261. The first-order valence-corrected chi connectivity index (χ1v) is 18.3. The van der Waals surface area contributed by atoms with Crippen molar-refractivity contribution >= 4 is 58.1 Å². The molecular formula is C46H54N4O9Pd2Zn. The van der Waals surface area contributed by atoms with Crippen molar-refractivity contribution < 1.29 is 105 Å². The molecule has 0 atom stereocenters. The van der Waals surface area contributed by atoms with Crippen LogP contribution in [0.1, 0.15) is 68.2 Å². The Morgan fingerprint density at radius 2 is 0.694 bits per heavy atom. The summed E-state index contributed by atoms with van der Waals surface area (Å²) in [5.41, 5.74) is 7.64. The van der Waals surface area contributed by atoms with Crippen LogP contribution in [-0.2, 0) is 84.2 Å². The zero-order chi connectivity index (χ0) is 44.8. The summed E-state index contributed by atoms with van der Waals surface area (Å²) < 4.78 is 4.94. The van der Waals surface area contributed by atoms with Crippen LogP contribution >= 0.6 is 0 Å². The van der Waals surface area contributed by atoms with Crippen LogP contribution in [-0.4, -0.2) is 48.5 Å². The fourth-order valence-electron chi connectivity index (χ4n) is 4.07. The molecule has 1 heterocycles. The van der Waals surface area contributed by atoms with E-state index in [2.05, 4.69) is 20.6 Å². The molecule has 13 nitrogen and oxygen atoms in total. The molecule has 0 aliphatic carbocycles. The second-order valence-corrected chi connectivity index (χ2v) is 11.9. The monoisotopic (exact) mass is 1080 g/mol. The average Bonchev–Trinajstić information content (AvgIpc) is 3.73. The number of hydrogen-bond donors (Lipinski definition) is 0. The zero-order valence-corrected chi connectivity index (χ0v) is 42.4. The number of allylic oxidation sites excluding steroid dienone is 4. The number of benzene rings is 4. The van der Waals surface area contributed by atoms with Crippen molar-refractivity contribution in [2.75, 3.05) is 13.2 Å². The van der Waals surface area contributed by atoms with Gasteiger partial charge in [0.15, 0.2) is 0 Å². The largest absolute Gasteiger partial charge is 2.00 e. The van der Waals surface area contributed by atoms with Gasteiger partial charge in [-0.1, -0.05) is 123 Å². The summed E-state index contributed by atoms with van der Waals surface area (Å²) in [6.45, 7) is 13.8. The number of carboxylic acids is 4. The molecule has 16 heteroatoms. The predicted molar refractivity (Wildman–Crippen MR) is 228 cm³/mol. The number of hydrogen-bond acceptors (Lipinski definition) is 11. The summed E-state index contributed by atoms with van der Waals surface area (Å²) in [6, 6.07) is 39.7. The quantitative estimate of drug-likeness (QED) is 0.137. The average molecular weight is 1090 g/mol. The van der Waals surface area contributed by atoms with Crippen molar-refractivity contribution in [3.05, 3.63) is 156 Å². The van der Waals surface area contributed by atoms with E-state index < -0.39 is 23.9 Å². The number of rotatable bonds is 8. The Bertz CT molecular complexity index is 1700. The van der Waals surface area contributed by atoms with Gasteiger partial charge in [-0.05, 0) is 78.6 Å². The molecule has 334 valence electrons. The van der Waals surface area contributed by atoms with Crippen LogP contribution in [0.3, 0.4) is 0 Å². The normalized spacial score (nSPS) is 11.1. The molecule has 1 aliphatic heterocycles. The summed E-state index contributed by atoms with van der Waals surface area (Å²) in [6.07, 6.45) is 6.53. The molecule has 4 aromatic carbocycles. The number of carbonyl (C=O) groups is 4. The van der Waals surface area contributed by atoms with Gasteiger partial charge in [0.25, 0.3) is 0 Å². The Labute approximate surface area is 407 Å². The topological polar surface area (TPSA) is 223 Å². The van der Waals surface area contributed by atoms with Crippen LogP contribution in [0.2, 0.25) is 0 Å². The van der Waals surface area contributed by atoms with Gasteiger partial charge in [-0.2, -0.15) is 11.4 Å². The van der Waals surface area contributed by atoms with Crippen molar-refractivity contribution in [2.24, 2.45) is 9.98 Å². The van der Waals surface area contributed by atoms with Crippen LogP contribution < -0.4 is 20.4 Å². The van der Waals surface area contributed by atoms with E-state index in [0.29, 0.717) is 0 Å². The van der Waals surface area contributed by atoms with Crippen LogP contribution in [0.25, 0.3) is 10.6 Å². The minimum Gasteiger partial charge on any atom is -0.661 e. The molecule has 0 aromatic heterocycles. The molecule has 0 bridgehead atoms. The maximum absolute atomic E-state index is 8.89. The number of aliphatic carboxylic acids is 4. The van der Waals surface area contributed by atoms with Gasteiger partial charge in [0.1, 0.15) is 0 Å². The first-order valence-electron chi connectivity index (χ1n) is 18.3. The van der Waals surface area contributed by atoms with Crippen molar-refractivity contribution in [1.82, 2.24) is 0 Å². The molecule has 0 spiro atoms. The Kier molecular flexibility index (Phi) is 47.1. The summed E-state index contributed by atoms with van der Waals surface area (Å²) in [4.78, 5) is 44.6. The fourth-order valence-corrected chi connectivity index (χ4v) is 4.07. The predicted octanol–water partition coefficient (Wildman–Crippen LogP) is 6.59. The number of nitrogens with zero attached hydrogens (tertiary/aromatic N) is 4. The second kappa shape index (κ2) is 44.2. The molecule has 0 unspecified atom stereocenters. The van der Waals surface area contributed by atoms with Gasteiger partial charge in [0, 0.05) is 48.5 Å². The van der Waals surface area contributed by atoms with Gasteiger partial charge in [0.05, 0.1) is 11.4 Å². The van der Waals surface area contributed by atoms with Gasteiger partial charge in [0.2, 0.25) is 0 Å². The molecule has 0 amide bonds. The standard InChI is InChI=1S/2C17H17N2.C4H8O.4C2H4O2.2Pd.Zn/c2*1-14(18-16-9-5-3-6-10-16)13-15(2)19-17-11-7-4-8-12-17;1-2-4-5-3-1;4*1-2(3)4;;;/h2*3-13H,1-2H3;1-4H2;4*1H3,(H,3,4);;;/q2*-1;;;;;;3*+2/p-4/b2*14-13-,19-15?;;;;;;;;. The number of carboxylic acid groups (broad SMARTS) is 4. The molecule has 0 radical (unpaired) electrons. The van der Waals surface area contributed by atoms with Gasteiger partial charge < -0.3 is 55.0 Å². The molecule has 5 rings (SSSR count). The molecule has 62 heavy (non-hydrogen) atoms. The zero-order valence-electron chi connectivity index (χ0n) is 36.3. The van der Waals surface area contributed by atoms with Crippen molar-refractivity contribution in [3.8, 4) is 0 Å². The summed E-state index contributed by atoms with van der Waals surface area (Å²) in [5.74, 6) is -4.33. The van der Waals surface area contributed by atoms with E-state index >= 15 is 0 Å². The van der Waals surface area contributed by atoms with Crippen LogP contribution in [0.15, 0.2) is 155 Å². The Morgan fingerprint density at radius 1 is 0.468 bits per heavy atom. The van der Waals surface area contributed by atoms with Gasteiger partial charge in [-0.3, -0.25) is 9.98 Å². The van der Waals surface area contributed by atoms with Crippen LogP contribution in [0, 0.1) is 0 Å². The maximum Gasteiger partial charge on any atom is 2.00 e. The third-order valence-electron chi connectivity index (χ3n) is 5.91. The summed E-state index contributed by atoms with van der Waals surface area (Å²) in [7, 11) is 0. The number of ether oxygens (including phenoxy) is 1. The maximum atomic E-state index is 8.89. The van der Waals surface area contributed by atoms with Crippen molar-refractivity contribution in [1.29, 1.82) is 0 Å². The minimum absolute atomic E-state index is 0. The molecular weight excluding hydrogens is 1030 g/mol. The summed E-state index contributed by atoms with van der Waals surface area (Å²) >= 11 is 0. The third-order valence-corrected chi connectivity index (χ3v) is 5.91. The Hall–Kier alpha value is -4.91. The van der Waals surface area contributed by atoms with Gasteiger partial charge >= 0.3 is 60.3 Å². The number of aliphatic imine (C=N–C) groups is 2. The number of carbonyl (C=O) groups excluding carboxylic acids is 4. The van der Waals surface area contributed by atoms with E-state index in [4.69, 9.17) is 44.3 Å². The molecule has 0 N–H and O–H groups in total. The number of para-hydroxylation sites is 4. The molecule has 0 saturated carbocycles. The van der Waals surface area contributed by atoms with E-state index in [0.717, 1.165) is 86.5 Å². The van der Waals surface area contributed by atoms with E-state index in [-0.39, 0.29) is 60.3 Å². The molecule has 1 fully saturated rings. The molecule has 1 aliphatic rings. The SMILES string of the molecule is C1CCOC1.CC(/C=C(/C)[N-]c1ccccc1)=Nc1ccccc1.CC(/C=C(/C)[N-]c1ccccc1)=Nc1ccccc1.CC(=O)[O-].CC(=O)[O-].CC(=O)[O-].CC(=O)[O-].[Pd+2].[Pd+2].[Zn+2]. The second-order valence-electron chi connectivity index (χ2n) is 11.9. The Morgan fingerprint density at radius 3 is 0.903 bits per heavy atom. The van der Waals surface area contributed by atoms with Gasteiger partial charge in [-0.15, -0.1) is 11.4 Å². The van der Waals surface area contributed by atoms with E-state index in [1.54, 1.807) is 0 Å². The van der Waals surface area contributed by atoms with Crippen molar-refractivity contribution in [3.63, 3.8) is 0 Å². The third kappa shape index (κ3) is 51.2. The smallest absolute Gasteiger partial charge is 0.661 e. The Balaban J connectivity index is -0.000000233. The van der Waals surface area contributed by atoms with Crippen LogP contribution in [0.4, 0.5) is 22.7 Å². The van der Waals surface area contributed by atoms with Gasteiger partial charge in [-0.25, -0.2) is 0 Å².